The number of pyridine rings is 1. The summed E-state index contributed by atoms with van der Waals surface area (Å²) in [6, 6.07) is 8.59. The highest BCUT2D eigenvalue weighted by atomic mass is 79.9. The molecule has 3 rings (SSSR count). The van der Waals surface area contributed by atoms with E-state index in [1.54, 1.807) is 48.8 Å². The first-order valence-electron chi connectivity index (χ1n) is 8.44. The Morgan fingerprint density at radius 3 is 2.90 bits per heavy atom. The van der Waals surface area contributed by atoms with Gasteiger partial charge in [0.1, 0.15) is 5.75 Å². The number of benzene rings is 1. The number of thioether (sulfide) groups is 1. The lowest BCUT2D eigenvalue weighted by atomic mass is 10.2. The molecule has 1 fully saturated rings. The lowest BCUT2D eigenvalue weighted by molar-refractivity contribution is -0.125. The second kappa shape index (κ2) is 9.91. The summed E-state index contributed by atoms with van der Waals surface area (Å²) < 4.78 is 6.17. The number of hydrogen-bond donors (Lipinski definition) is 1. The van der Waals surface area contributed by atoms with Gasteiger partial charge in [0, 0.05) is 30.0 Å². The van der Waals surface area contributed by atoms with Crippen molar-refractivity contribution in [3.63, 3.8) is 0 Å². The van der Waals surface area contributed by atoms with Crippen molar-refractivity contribution < 1.29 is 19.1 Å². The van der Waals surface area contributed by atoms with E-state index >= 15 is 0 Å². The third-order valence-electron chi connectivity index (χ3n) is 3.77. The molecule has 0 unspecified atom stereocenters. The van der Waals surface area contributed by atoms with E-state index in [4.69, 9.17) is 16.3 Å². The summed E-state index contributed by atoms with van der Waals surface area (Å²) in [6.45, 7) is -0.0432. The lowest BCUT2D eigenvalue weighted by Crippen LogP contribution is -2.38. The Morgan fingerprint density at radius 1 is 1.34 bits per heavy atom. The van der Waals surface area contributed by atoms with Crippen molar-refractivity contribution >= 4 is 62.4 Å². The van der Waals surface area contributed by atoms with Crippen LogP contribution in [0.5, 0.6) is 5.75 Å². The number of aromatic nitrogens is 1. The number of nitrogens with zero attached hydrogens (tertiary/aromatic N) is 2. The van der Waals surface area contributed by atoms with Crippen LogP contribution in [0.4, 0.5) is 4.79 Å². The molecular formula is C19H15BrClN3O4S. The Bertz CT molecular complexity index is 971. The summed E-state index contributed by atoms with van der Waals surface area (Å²) in [7, 11) is 0. The van der Waals surface area contributed by atoms with Crippen LogP contribution in [-0.2, 0) is 9.59 Å². The van der Waals surface area contributed by atoms with E-state index in [1.165, 1.54) is 0 Å². The van der Waals surface area contributed by atoms with Crippen molar-refractivity contribution in [2.24, 2.45) is 0 Å². The van der Waals surface area contributed by atoms with Crippen molar-refractivity contribution in [2.75, 3.05) is 19.7 Å². The van der Waals surface area contributed by atoms with Gasteiger partial charge in [-0.05, 0) is 47.7 Å². The van der Waals surface area contributed by atoms with Gasteiger partial charge < -0.3 is 10.1 Å². The second-order valence-corrected chi connectivity index (χ2v) is 8.15. The molecule has 0 radical (unpaired) electrons. The van der Waals surface area contributed by atoms with Crippen molar-refractivity contribution in [1.82, 2.24) is 15.2 Å². The van der Waals surface area contributed by atoms with Gasteiger partial charge in [0.25, 0.3) is 17.1 Å². The van der Waals surface area contributed by atoms with Crippen LogP contribution in [0.2, 0.25) is 5.02 Å². The van der Waals surface area contributed by atoms with Crippen molar-refractivity contribution in [2.45, 2.75) is 0 Å². The van der Waals surface area contributed by atoms with Crippen LogP contribution in [0.1, 0.15) is 5.56 Å². The zero-order chi connectivity index (χ0) is 20.8. The van der Waals surface area contributed by atoms with E-state index in [0.717, 1.165) is 26.7 Å². The number of hydrogen-bond acceptors (Lipinski definition) is 6. The average molecular weight is 497 g/mol. The Balaban J connectivity index is 1.47. The molecule has 10 heteroatoms. The van der Waals surface area contributed by atoms with E-state index in [9.17, 15) is 14.4 Å². The first kappa shape index (κ1) is 21.4. The first-order chi connectivity index (χ1) is 13.9. The topological polar surface area (TPSA) is 88.6 Å². The highest BCUT2D eigenvalue weighted by Crippen LogP contribution is 2.31. The molecule has 1 saturated heterocycles. The number of ether oxygens (including phenoxy) is 1. The molecule has 0 bridgehead atoms. The highest BCUT2D eigenvalue weighted by molar-refractivity contribution is 9.10. The molecular weight excluding hydrogens is 482 g/mol. The van der Waals surface area contributed by atoms with Crippen LogP contribution in [0, 0.1) is 0 Å². The summed E-state index contributed by atoms with van der Waals surface area (Å²) in [4.78, 5) is 41.8. The molecule has 7 nitrogen and oxygen atoms in total. The number of amides is 3. The standard InChI is InChI=1S/C19H15BrClN3O4S/c20-13-3-4-15(14(21)9-13)28-11-17(25)23-6-7-24-18(26)16(29-19(24)27)8-12-2-1-5-22-10-12/h1-5,8-10H,6-7,11H2,(H,23,25)/b16-8-. The molecule has 1 aliphatic heterocycles. The fraction of sp³-hybridized carbons (Fsp3) is 0.158. The molecule has 150 valence electrons. The number of rotatable bonds is 7. The minimum atomic E-state index is -0.393. The largest absolute Gasteiger partial charge is 0.482 e. The van der Waals surface area contributed by atoms with Crippen molar-refractivity contribution in [1.29, 1.82) is 0 Å². The number of carbonyl (C=O) groups excluding carboxylic acids is 3. The van der Waals surface area contributed by atoms with Gasteiger partial charge >= 0.3 is 0 Å². The maximum absolute atomic E-state index is 12.4. The van der Waals surface area contributed by atoms with Crippen molar-refractivity contribution in [3.05, 3.63) is 62.7 Å². The third-order valence-corrected chi connectivity index (χ3v) is 5.46. The molecule has 2 heterocycles. The predicted octanol–water partition coefficient (Wildman–Crippen LogP) is 3.73. The summed E-state index contributed by atoms with van der Waals surface area (Å²) in [6.07, 6.45) is 4.85. The van der Waals surface area contributed by atoms with Crippen LogP contribution < -0.4 is 10.1 Å². The molecule has 0 aliphatic carbocycles. The zero-order valence-corrected chi connectivity index (χ0v) is 18.1. The Labute approximate surface area is 184 Å². The highest BCUT2D eigenvalue weighted by Gasteiger charge is 2.34. The molecule has 1 N–H and O–H groups in total. The van der Waals surface area contributed by atoms with E-state index < -0.39 is 5.91 Å². The molecule has 1 aromatic heterocycles. The average Bonchev–Trinajstić information content (AvgIpc) is 2.95. The fourth-order valence-electron chi connectivity index (χ4n) is 2.40. The molecule has 2 aromatic rings. The maximum atomic E-state index is 12.4. The van der Waals surface area contributed by atoms with Gasteiger partial charge in [-0.15, -0.1) is 0 Å². The van der Waals surface area contributed by atoms with Crippen LogP contribution in [-0.4, -0.2) is 46.6 Å². The van der Waals surface area contributed by atoms with Crippen LogP contribution in [0.3, 0.4) is 0 Å². The smallest absolute Gasteiger partial charge is 0.293 e. The molecule has 29 heavy (non-hydrogen) atoms. The number of halogens is 2. The fourth-order valence-corrected chi connectivity index (χ4v) is 3.99. The van der Waals surface area contributed by atoms with E-state index in [-0.39, 0.29) is 30.8 Å². The summed E-state index contributed by atoms with van der Waals surface area (Å²) in [5.41, 5.74) is 0.732. The Kier molecular flexibility index (Phi) is 7.29. The minimum absolute atomic E-state index is 0.0693. The Hall–Kier alpha value is -2.36. The van der Waals surface area contributed by atoms with Gasteiger partial charge in [-0.3, -0.25) is 24.3 Å². The molecule has 3 amide bonds. The minimum Gasteiger partial charge on any atom is -0.482 e. The van der Waals surface area contributed by atoms with E-state index in [1.807, 2.05) is 0 Å². The molecule has 0 spiro atoms. The van der Waals surface area contributed by atoms with Crippen LogP contribution in [0.25, 0.3) is 6.08 Å². The predicted molar refractivity (Wildman–Crippen MR) is 115 cm³/mol. The Morgan fingerprint density at radius 2 is 2.17 bits per heavy atom. The zero-order valence-electron chi connectivity index (χ0n) is 14.9. The van der Waals surface area contributed by atoms with Gasteiger partial charge in [0.2, 0.25) is 0 Å². The van der Waals surface area contributed by atoms with Gasteiger partial charge in [0.15, 0.2) is 6.61 Å². The van der Waals surface area contributed by atoms with E-state index in [0.29, 0.717) is 15.7 Å². The van der Waals surface area contributed by atoms with Crippen LogP contribution >= 0.6 is 39.3 Å². The molecule has 1 aromatic carbocycles. The van der Waals surface area contributed by atoms with Gasteiger partial charge in [-0.2, -0.15) is 0 Å². The third kappa shape index (κ3) is 5.81. The monoisotopic (exact) mass is 495 g/mol. The molecule has 0 saturated carbocycles. The number of carbonyl (C=O) groups is 3. The molecule has 0 atom stereocenters. The molecule has 1 aliphatic rings. The normalized spacial score (nSPS) is 15.1. The van der Waals surface area contributed by atoms with Gasteiger partial charge in [-0.25, -0.2) is 0 Å². The van der Waals surface area contributed by atoms with Gasteiger partial charge in [-0.1, -0.05) is 33.6 Å². The van der Waals surface area contributed by atoms with Crippen LogP contribution in [0.15, 0.2) is 52.1 Å². The van der Waals surface area contributed by atoms with E-state index in [2.05, 4.69) is 26.2 Å². The maximum Gasteiger partial charge on any atom is 0.293 e. The second-order valence-electron chi connectivity index (χ2n) is 5.83. The van der Waals surface area contributed by atoms with Gasteiger partial charge in [0.05, 0.1) is 9.93 Å². The lowest BCUT2D eigenvalue weighted by Gasteiger charge is -2.13. The summed E-state index contributed by atoms with van der Waals surface area (Å²) >= 11 is 10.2. The number of imide groups is 1. The summed E-state index contributed by atoms with van der Waals surface area (Å²) in [5.74, 6) is -0.394. The van der Waals surface area contributed by atoms with Crippen molar-refractivity contribution in [3.8, 4) is 5.75 Å². The SMILES string of the molecule is O=C(COc1ccc(Br)cc1Cl)NCCN1C(=O)S/C(=C\c2cccnc2)C1=O. The summed E-state index contributed by atoms with van der Waals surface area (Å²) in [5, 5.41) is 2.62. The quantitative estimate of drug-likeness (QED) is 0.588. The first-order valence-corrected chi connectivity index (χ1v) is 10.4. The number of nitrogens with one attached hydrogen (secondary N) is 1.